The van der Waals surface area contributed by atoms with Crippen molar-refractivity contribution in [1.29, 1.82) is 0 Å². The van der Waals surface area contributed by atoms with E-state index in [1.807, 2.05) is 0 Å². The van der Waals surface area contributed by atoms with E-state index in [1.54, 1.807) is 6.92 Å². The van der Waals surface area contributed by atoms with Crippen LogP contribution in [0, 0.1) is 12.7 Å². The summed E-state index contributed by atoms with van der Waals surface area (Å²) >= 11 is 0. The van der Waals surface area contributed by atoms with Gasteiger partial charge in [0.1, 0.15) is 11.6 Å². The number of phenolic OH excluding ortho intramolecular Hbond substituents is 1. The van der Waals surface area contributed by atoms with E-state index in [1.165, 1.54) is 18.2 Å². The van der Waals surface area contributed by atoms with E-state index in [2.05, 4.69) is 0 Å². The van der Waals surface area contributed by atoms with E-state index in [-0.39, 0.29) is 37.8 Å². The smallest absolute Gasteiger partial charge is 0.123 e. The Hall–Kier alpha value is -0.167. The molecule has 0 unspecified atom stereocenters. The zero-order chi connectivity index (χ0) is 6.85. The maximum absolute atomic E-state index is 12.2. The van der Waals surface area contributed by atoms with Gasteiger partial charge in [-0.25, -0.2) is 4.39 Å². The predicted molar refractivity (Wildman–Crippen MR) is 32.8 cm³/mol. The molecule has 0 atom stereocenters. The molecule has 0 aliphatic heterocycles. The second-order valence-corrected chi connectivity index (χ2v) is 1.93. The summed E-state index contributed by atoms with van der Waals surface area (Å²) in [7, 11) is 0. The fourth-order valence-electron chi connectivity index (χ4n) is 0.619. The Labute approximate surface area is 78.0 Å². The van der Waals surface area contributed by atoms with Crippen LogP contribution in [-0.2, 0) is 26.2 Å². The summed E-state index contributed by atoms with van der Waals surface area (Å²) in [5.41, 5.74) is 0.565. The largest absolute Gasteiger partial charge is 0.508 e. The van der Waals surface area contributed by atoms with Gasteiger partial charge in [0.05, 0.1) is 0 Å². The third kappa shape index (κ3) is 2.22. The molecular weight excluding hydrogens is 210 g/mol. The molecule has 1 N–H and O–H groups in total. The van der Waals surface area contributed by atoms with Crippen molar-refractivity contribution in [2.75, 3.05) is 0 Å². The molecule has 0 saturated carbocycles. The van der Waals surface area contributed by atoms with Gasteiger partial charge >= 0.3 is 0 Å². The summed E-state index contributed by atoms with van der Waals surface area (Å²) in [6.07, 6.45) is 0. The van der Waals surface area contributed by atoms with E-state index in [9.17, 15) is 4.39 Å². The molecule has 0 aliphatic carbocycles. The van der Waals surface area contributed by atoms with Crippen molar-refractivity contribution in [2.45, 2.75) is 6.92 Å². The molecule has 1 nitrogen and oxygen atoms in total. The van der Waals surface area contributed by atoms with Crippen molar-refractivity contribution in [2.24, 2.45) is 0 Å². The molecule has 0 aliphatic rings. The minimum absolute atomic E-state index is 0. The van der Waals surface area contributed by atoms with E-state index in [0.29, 0.717) is 5.56 Å². The van der Waals surface area contributed by atoms with Gasteiger partial charge in [-0.05, 0) is 30.7 Å². The number of aromatic hydroxyl groups is 1. The van der Waals surface area contributed by atoms with Crippen molar-refractivity contribution in [3.05, 3.63) is 29.6 Å². The van der Waals surface area contributed by atoms with Crippen LogP contribution in [0.5, 0.6) is 5.75 Å². The Bertz CT molecular complexity index is 225. The molecule has 52 valence electrons. The Balaban J connectivity index is 0.000000810. The van der Waals surface area contributed by atoms with Crippen molar-refractivity contribution >= 4 is 0 Å². The maximum Gasteiger partial charge on any atom is 0.123 e. The summed E-state index contributed by atoms with van der Waals surface area (Å²) in [6.45, 7) is 1.65. The minimum Gasteiger partial charge on any atom is -0.508 e. The molecule has 0 fully saturated rings. The molecule has 0 bridgehead atoms. The minimum atomic E-state index is -0.315. The van der Waals surface area contributed by atoms with Crippen LogP contribution in [0.3, 0.4) is 0 Å². The SMILES string of the molecule is Cc1cc(F)ccc1O.[Zr]. The van der Waals surface area contributed by atoms with Gasteiger partial charge in [-0.3, -0.25) is 0 Å². The van der Waals surface area contributed by atoms with Crippen molar-refractivity contribution < 1.29 is 35.7 Å². The molecule has 1 rings (SSSR count). The fourth-order valence-corrected chi connectivity index (χ4v) is 0.619. The first kappa shape index (κ1) is 9.83. The summed E-state index contributed by atoms with van der Waals surface area (Å²) in [5.74, 6) is -0.179. The first-order valence-electron chi connectivity index (χ1n) is 2.65. The zero-order valence-corrected chi connectivity index (χ0v) is 8.02. The Kier molecular flexibility index (Phi) is 3.81. The van der Waals surface area contributed by atoms with Gasteiger partial charge in [0.15, 0.2) is 0 Å². The van der Waals surface area contributed by atoms with Gasteiger partial charge in [-0.1, -0.05) is 0 Å². The van der Waals surface area contributed by atoms with E-state index in [0.717, 1.165) is 0 Å². The standard InChI is InChI=1S/C7H7FO.Zr/c1-5-4-6(8)2-3-7(5)9;/h2-4,9H,1H3;. The van der Waals surface area contributed by atoms with Gasteiger partial charge in [-0.15, -0.1) is 0 Å². The van der Waals surface area contributed by atoms with Crippen LogP contribution in [0.25, 0.3) is 0 Å². The molecule has 1 aromatic rings. The second-order valence-electron chi connectivity index (χ2n) is 1.93. The van der Waals surface area contributed by atoms with Crippen molar-refractivity contribution in [3.8, 4) is 5.75 Å². The summed E-state index contributed by atoms with van der Waals surface area (Å²) in [4.78, 5) is 0. The van der Waals surface area contributed by atoms with Gasteiger partial charge in [-0.2, -0.15) is 0 Å². The summed E-state index contributed by atoms with van der Waals surface area (Å²) < 4.78 is 12.2. The van der Waals surface area contributed by atoms with Crippen molar-refractivity contribution in [1.82, 2.24) is 0 Å². The Morgan fingerprint density at radius 3 is 2.40 bits per heavy atom. The van der Waals surface area contributed by atoms with Crippen LogP contribution in [0.1, 0.15) is 5.56 Å². The molecule has 0 saturated heterocycles. The van der Waals surface area contributed by atoms with E-state index in [4.69, 9.17) is 5.11 Å². The van der Waals surface area contributed by atoms with Gasteiger partial charge in [0.25, 0.3) is 0 Å². The van der Waals surface area contributed by atoms with Gasteiger partial charge in [0, 0.05) is 26.2 Å². The molecule has 0 amide bonds. The Morgan fingerprint density at radius 1 is 1.40 bits per heavy atom. The second kappa shape index (κ2) is 3.87. The van der Waals surface area contributed by atoms with E-state index < -0.39 is 0 Å². The predicted octanol–water partition coefficient (Wildman–Crippen LogP) is 1.84. The quantitative estimate of drug-likeness (QED) is 0.703. The molecule has 0 heterocycles. The monoisotopic (exact) mass is 216 g/mol. The number of halogens is 1. The van der Waals surface area contributed by atoms with Crippen LogP contribution < -0.4 is 0 Å². The molecule has 3 heteroatoms. The van der Waals surface area contributed by atoms with Gasteiger partial charge < -0.3 is 5.11 Å². The van der Waals surface area contributed by atoms with E-state index >= 15 is 0 Å². The number of phenols is 1. The van der Waals surface area contributed by atoms with Crippen molar-refractivity contribution in [3.63, 3.8) is 0 Å². The maximum atomic E-state index is 12.2. The Morgan fingerprint density at radius 2 is 2.00 bits per heavy atom. The van der Waals surface area contributed by atoms with Crippen LogP contribution in [-0.4, -0.2) is 5.11 Å². The molecule has 1 aromatic carbocycles. The van der Waals surface area contributed by atoms with Crippen LogP contribution in [0.15, 0.2) is 18.2 Å². The number of rotatable bonds is 0. The zero-order valence-electron chi connectivity index (χ0n) is 5.56. The summed E-state index contributed by atoms with van der Waals surface area (Å²) in [5, 5.41) is 8.88. The van der Waals surface area contributed by atoms with Crippen LogP contribution in [0.2, 0.25) is 0 Å². The third-order valence-corrected chi connectivity index (χ3v) is 1.16. The molecule has 10 heavy (non-hydrogen) atoms. The number of hydrogen-bond donors (Lipinski definition) is 1. The van der Waals surface area contributed by atoms with Gasteiger partial charge in [0.2, 0.25) is 0 Å². The van der Waals surface area contributed by atoms with Crippen LogP contribution in [0.4, 0.5) is 4.39 Å². The topological polar surface area (TPSA) is 20.2 Å². The first-order chi connectivity index (χ1) is 4.20. The molecular formula is C7H7FOZr. The number of hydrogen-bond acceptors (Lipinski definition) is 1. The molecule has 0 aromatic heterocycles. The average molecular weight is 217 g/mol. The normalized spacial score (nSPS) is 8.60. The molecule has 0 radical (unpaired) electrons. The van der Waals surface area contributed by atoms with Crippen LogP contribution >= 0.6 is 0 Å². The number of benzene rings is 1. The molecule has 0 spiro atoms. The summed E-state index contributed by atoms with van der Waals surface area (Å²) in [6, 6.07) is 3.85. The third-order valence-electron chi connectivity index (χ3n) is 1.16. The first-order valence-corrected chi connectivity index (χ1v) is 2.65. The number of aryl methyl sites for hydroxylation is 1. The average Bonchev–Trinajstić information content (AvgIpc) is 1.80. The fraction of sp³-hybridized carbons (Fsp3) is 0.143.